The van der Waals surface area contributed by atoms with Crippen LogP contribution < -0.4 is 15.6 Å². The first-order valence-electron chi connectivity index (χ1n) is 8.03. The number of aromatic nitrogens is 1. The fourth-order valence-corrected chi connectivity index (χ4v) is 3.27. The molecule has 0 spiro atoms. The van der Waals surface area contributed by atoms with E-state index >= 15 is 0 Å². The van der Waals surface area contributed by atoms with Crippen LogP contribution in [0.4, 0.5) is 5.69 Å². The number of oxazole rings is 1. The molecule has 1 saturated heterocycles. The van der Waals surface area contributed by atoms with Crippen LogP contribution in [0.2, 0.25) is 0 Å². The van der Waals surface area contributed by atoms with Gasteiger partial charge in [0.05, 0.1) is 31.7 Å². The molecule has 5 nitrogen and oxygen atoms in total. The van der Waals surface area contributed by atoms with Gasteiger partial charge in [-0.1, -0.05) is 30.3 Å². The standard InChI is InChI=1S/C18H19N3O2/c22-18-21(16-8-4-5-9-17(16)23-18)14-19-10-12-20(13-11-19)15-6-2-1-3-7-15/h1-9H,10-14H2/p+1. The van der Waals surface area contributed by atoms with Crippen molar-refractivity contribution >= 4 is 16.8 Å². The average Bonchev–Trinajstić information content (AvgIpc) is 2.92. The van der Waals surface area contributed by atoms with Gasteiger partial charge in [0.1, 0.15) is 0 Å². The van der Waals surface area contributed by atoms with E-state index in [4.69, 9.17) is 4.42 Å². The van der Waals surface area contributed by atoms with Crippen LogP contribution >= 0.6 is 0 Å². The first-order valence-corrected chi connectivity index (χ1v) is 8.03. The molecule has 23 heavy (non-hydrogen) atoms. The largest absolute Gasteiger partial charge is 0.424 e. The molecule has 2 aromatic carbocycles. The molecule has 1 fully saturated rings. The summed E-state index contributed by atoms with van der Waals surface area (Å²) in [6.45, 7) is 4.70. The number of benzene rings is 2. The highest BCUT2D eigenvalue weighted by Gasteiger charge is 2.22. The minimum Gasteiger partial charge on any atom is -0.408 e. The summed E-state index contributed by atoms with van der Waals surface area (Å²) in [5.41, 5.74) is 2.83. The molecule has 0 unspecified atom stereocenters. The van der Waals surface area contributed by atoms with E-state index in [1.54, 1.807) is 4.57 Å². The van der Waals surface area contributed by atoms with Gasteiger partial charge in [-0.2, -0.15) is 0 Å². The van der Waals surface area contributed by atoms with Crippen LogP contribution in [0.5, 0.6) is 0 Å². The number of nitrogens with zero attached hydrogens (tertiary/aromatic N) is 2. The lowest BCUT2D eigenvalue weighted by molar-refractivity contribution is -0.923. The molecule has 1 aromatic heterocycles. The van der Waals surface area contributed by atoms with Crippen LogP contribution in [0.3, 0.4) is 0 Å². The van der Waals surface area contributed by atoms with Crippen molar-refractivity contribution in [1.82, 2.24) is 4.57 Å². The third-order valence-corrected chi connectivity index (χ3v) is 4.55. The SMILES string of the molecule is O=c1oc2ccccc2n1C[NH+]1CCN(c2ccccc2)CC1. The highest BCUT2D eigenvalue weighted by atomic mass is 16.4. The van der Waals surface area contributed by atoms with E-state index in [0.29, 0.717) is 12.3 Å². The summed E-state index contributed by atoms with van der Waals surface area (Å²) >= 11 is 0. The second-order valence-corrected chi connectivity index (χ2v) is 5.99. The Labute approximate surface area is 134 Å². The Kier molecular flexibility index (Phi) is 3.63. The third kappa shape index (κ3) is 2.75. The third-order valence-electron chi connectivity index (χ3n) is 4.55. The van der Waals surface area contributed by atoms with E-state index in [2.05, 4.69) is 29.2 Å². The van der Waals surface area contributed by atoms with Crippen LogP contribution in [-0.2, 0) is 6.67 Å². The van der Waals surface area contributed by atoms with Gasteiger partial charge in [-0.15, -0.1) is 0 Å². The maximum atomic E-state index is 12.1. The number of quaternary nitrogens is 1. The highest BCUT2D eigenvalue weighted by Crippen LogP contribution is 2.13. The lowest BCUT2D eigenvalue weighted by Gasteiger charge is -2.33. The molecule has 0 bridgehead atoms. The molecule has 5 heteroatoms. The van der Waals surface area contributed by atoms with E-state index in [0.717, 1.165) is 31.7 Å². The van der Waals surface area contributed by atoms with Gasteiger partial charge in [0.15, 0.2) is 12.3 Å². The molecule has 1 aliphatic heterocycles. The van der Waals surface area contributed by atoms with Gasteiger partial charge in [0.25, 0.3) is 0 Å². The molecule has 3 aromatic rings. The molecule has 0 radical (unpaired) electrons. The zero-order valence-corrected chi connectivity index (χ0v) is 12.9. The fraction of sp³-hybridized carbons (Fsp3) is 0.278. The topological polar surface area (TPSA) is 42.8 Å². The van der Waals surface area contributed by atoms with Crippen molar-refractivity contribution < 1.29 is 9.32 Å². The maximum Gasteiger partial charge on any atom is 0.424 e. The molecule has 118 valence electrons. The number of nitrogens with one attached hydrogen (secondary N) is 1. The van der Waals surface area contributed by atoms with E-state index in [1.807, 2.05) is 30.3 Å². The molecular formula is C18H20N3O2+. The zero-order valence-electron chi connectivity index (χ0n) is 12.9. The minimum atomic E-state index is -0.260. The second kappa shape index (κ2) is 5.93. The molecule has 4 rings (SSSR count). The molecule has 0 aliphatic carbocycles. The minimum absolute atomic E-state index is 0.260. The Hall–Kier alpha value is -2.53. The van der Waals surface area contributed by atoms with E-state index in [-0.39, 0.29) is 5.76 Å². The van der Waals surface area contributed by atoms with Gasteiger partial charge in [0.2, 0.25) is 0 Å². The van der Waals surface area contributed by atoms with Gasteiger partial charge in [-0.25, -0.2) is 9.36 Å². The molecule has 0 atom stereocenters. The van der Waals surface area contributed by atoms with Crippen molar-refractivity contribution in [3.8, 4) is 0 Å². The Balaban J connectivity index is 1.47. The van der Waals surface area contributed by atoms with Gasteiger partial charge < -0.3 is 14.2 Å². The number of rotatable bonds is 3. The van der Waals surface area contributed by atoms with Crippen molar-refractivity contribution in [2.75, 3.05) is 31.1 Å². The summed E-state index contributed by atoms with van der Waals surface area (Å²) in [6, 6.07) is 18.1. The Morgan fingerprint density at radius 1 is 0.957 bits per heavy atom. The normalized spacial score (nSPS) is 16.1. The summed E-state index contributed by atoms with van der Waals surface area (Å²) in [5.74, 6) is -0.260. The van der Waals surface area contributed by atoms with E-state index in [1.165, 1.54) is 10.6 Å². The molecule has 0 amide bonds. The molecule has 1 aliphatic rings. The molecule has 2 heterocycles. The monoisotopic (exact) mass is 310 g/mol. The van der Waals surface area contributed by atoms with Gasteiger partial charge in [-0.3, -0.25) is 0 Å². The van der Waals surface area contributed by atoms with Crippen molar-refractivity contribution in [2.45, 2.75) is 6.67 Å². The molecular weight excluding hydrogens is 290 g/mol. The Morgan fingerprint density at radius 2 is 1.65 bits per heavy atom. The summed E-state index contributed by atoms with van der Waals surface area (Å²) in [4.78, 5) is 15.9. The number of anilines is 1. The fourth-order valence-electron chi connectivity index (χ4n) is 3.27. The van der Waals surface area contributed by atoms with E-state index in [9.17, 15) is 4.79 Å². The van der Waals surface area contributed by atoms with Crippen LogP contribution in [0.15, 0.2) is 63.8 Å². The summed E-state index contributed by atoms with van der Waals surface area (Å²) in [7, 11) is 0. The van der Waals surface area contributed by atoms with Crippen LogP contribution in [0.1, 0.15) is 0 Å². The zero-order chi connectivity index (χ0) is 15.6. The first-order chi connectivity index (χ1) is 11.3. The Morgan fingerprint density at radius 3 is 2.43 bits per heavy atom. The number of piperazine rings is 1. The van der Waals surface area contributed by atoms with Crippen LogP contribution in [-0.4, -0.2) is 30.7 Å². The predicted molar refractivity (Wildman–Crippen MR) is 89.8 cm³/mol. The van der Waals surface area contributed by atoms with Gasteiger partial charge in [0, 0.05) is 5.69 Å². The predicted octanol–water partition coefficient (Wildman–Crippen LogP) is 0.957. The highest BCUT2D eigenvalue weighted by molar-refractivity contribution is 5.72. The lowest BCUT2D eigenvalue weighted by atomic mass is 10.2. The number of hydrogen-bond acceptors (Lipinski definition) is 3. The first kappa shape index (κ1) is 14.1. The quantitative estimate of drug-likeness (QED) is 0.783. The average molecular weight is 310 g/mol. The van der Waals surface area contributed by atoms with Crippen LogP contribution in [0.25, 0.3) is 11.1 Å². The number of hydrogen-bond donors (Lipinski definition) is 1. The Bertz CT molecular complexity index is 845. The summed E-state index contributed by atoms with van der Waals surface area (Å²) < 4.78 is 7.07. The number of para-hydroxylation sites is 3. The summed E-state index contributed by atoms with van der Waals surface area (Å²) in [6.07, 6.45) is 0. The lowest BCUT2D eigenvalue weighted by Crippen LogP contribution is -3.14. The van der Waals surface area contributed by atoms with Crippen molar-refractivity contribution in [3.05, 3.63) is 65.1 Å². The van der Waals surface area contributed by atoms with Gasteiger partial charge in [-0.05, 0) is 24.3 Å². The summed E-state index contributed by atoms with van der Waals surface area (Å²) in [5, 5.41) is 0. The van der Waals surface area contributed by atoms with Crippen LogP contribution in [0, 0.1) is 0 Å². The number of fused-ring (bicyclic) bond motifs is 1. The van der Waals surface area contributed by atoms with Crippen molar-refractivity contribution in [2.24, 2.45) is 0 Å². The second-order valence-electron chi connectivity index (χ2n) is 5.99. The van der Waals surface area contributed by atoms with E-state index < -0.39 is 0 Å². The van der Waals surface area contributed by atoms with Crippen molar-refractivity contribution in [3.63, 3.8) is 0 Å². The smallest absolute Gasteiger partial charge is 0.408 e. The molecule has 1 N–H and O–H groups in total. The maximum absolute atomic E-state index is 12.1. The van der Waals surface area contributed by atoms with Crippen molar-refractivity contribution in [1.29, 1.82) is 0 Å². The van der Waals surface area contributed by atoms with Gasteiger partial charge >= 0.3 is 5.76 Å². The molecule has 0 saturated carbocycles.